The van der Waals surface area contributed by atoms with Crippen LogP contribution in [0.15, 0.2) is 16.8 Å². The summed E-state index contributed by atoms with van der Waals surface area (Å²) in [6, 6.07) is 1.83. The van der Waals surface area contributed by atoms with Crippen molar-refractivity contribution in [2.45, 2.75) is 13.3 Å². The van der Waals surface area contributed by atoms with Gasteiger partial charge in [-0.2, -0.15) is 11.3 Å². The van der Waals surface area contributed by atoms with Crippen LogP contribution in [0.2, 0.25) is 0 Å². The van der Waals surface area contributed by atoms with E-state index in [1.54, 1.807) is 0 Å². The molecule has 0 amide bonds. The maximum atomic E-state index is 11.9. The second kappa shape index (κ2) is 3.98. The summed E-state index contributed by atoms with van der Waals surface area (Å²) in [6.45, 7) is 1.97. The molecule has 0 bridgehead atoms. The van der Waals surface area contributed by atoms with Gasteiger partial charge in [0.05, 0.1) is 5.69 Å². The molecule has 0 spiro atoms. The summed E-state index contributed by atoms with van der Waals surface area (Å²) in [7, 11) is 0. The lowest BCUT2D eigenvalue weighted by Crippen LogP contribution is -2.00. The van der Waals surface area contributed by atoms with Crippen LogP contribution in [0, 0.1) is 0 Å². The Morgan fingerprint density at radius 2 is 2.43 bits per heavy atom. The first kappa shape index (κ1) is 9.48. The molecule has 0 aliphatic carbocycles. The van der Waals surface area contributed by atoms with Crippen LogP contribution < -0.4 is 0 Å². The molecule has 0 aromatic carbocycles. The van der Waals surface area contributed by atoms with Crippen molar-refractivity contribution in [1.82, 2.24) is 9.59 Å². The van der Waals surface area contributed by atoms with Gasteiger partial charge in [-0.05, 0) is 29.4 Å². The smallest absolute Gasteiger partial charge is 0.207 e. The molecular weight excluding hydrogens is 216 g/mol. The zero-order chi connectivity index (χ0) is 9.97. The molecule has 0 saturated carbocycles. The van der Waals surface area contributed by atoms with Crippen LogP contribution in [-0.2, 0) is 6.42 Å². The Kier molecular flexibility index (Phi) is 2.69. The first-order chi connectivity index (χ1) is 6.83. The maximum absolute atomic E-state index is 11.9. The van der Waals surface area contributed by atoms with Crippen LogP contribution in [0.5, 0.6) is 0 Å². The number of ketones is 1. The highest BCUT2D eigenvalue weighted by Crippen LogP contribution is 2.18. The minimum absolute atomic E-state index is 0.0399. The van der Waals surface area contributed by atoms with E-state index in [0.717, 1.165) is 17.7 Å². The van der Waals surface area contributed by atoms with E-state index in [4.69, 9.17) is 0 Å². The molecule has 0 fully saturated rings. The van der Waals surface area contributed by atoms with E-state index < -0.39 is 0 Å². The van der Waals surface area contributed by atoms with Crippen molar-refractivity contribution in [3.63, 3.8) is 0 Å². The number of hydrogen-bond donors (Lipinski definition) is 0. The molecule has 0 radical (unpaired) electrons. The lowest BCUT2D eigenvalue weighted by molar-refractivity contribution is 0.104. The third-order valence-corrected chi connectivity index (χ3v) is 3.33. The van der Waals surface area contributed by atoms with Gasteiger partial charge in [0.25, 0.3) is 0 Å². The van der Waals surface area contributed by atoms with Crippen molar-refractivity contribution >= 4 is 28.7 Å². The van der Waals surface area contributed by atoms with Gasteiger partial charge in [-0.15, -0.1) is 5.10 Å². The average Bonchev–Trinajstić information content (AvgIpc) is 2.87. The SMILES string of the molecule is CCc1nnsc1C(=O)c1ccsc1. The zero-order valence-electron chi connectivity index (χ0n) is 7.56. The molecule has 3 nitrogen and oxygen atoms in total. The number of rotatable bonds is 3. The summed E-state index contributed by atoms with van der Waals surface area (Å²) in [5.74, 6) is 0.0399. The molecule has 0 atom stereocenters. The molecular formula is C9H8N2OS2. The highest BCUT2D eigenvalue weighted by Gasteiger charge is 2.16. The van der Waals surface area contributed by atoms with Gasteiger partial charge in [0, 0.05) is 10.9 Å². The topological polar surface area (TPSA) is 42.9 Å². The maximum Gasteiger partial charge on any atom is 0.207 e. The number of aryl methyl sites for hydroxylation is 1. The monoisotopic (exact) mass is 224 g/mol. The Morgan fingerprint density at radius 1 is 1.57 bits per heavy atom. The standard InChI is InChI=1S/C9H8N2OS2/c1-2-7-9(14-11-10-7)8(12)6-3-4-13-5-6/h3-5H,2H2,1H3. The van der Waals surface area contributed by atoms with Gasteiger partial charge >= 0.3 is 0 Å². The Morgan fingerprint density at radius 3 is 3.07 bits per heavy atom. The van der Waals surface area contributed by atoms with Gasteiger partial charge in [0.1, 0.15) is 4.88 Å². The Balaban J connectivity index is 2.36. The molecule has 2 rings (SSSR count). The van der Waals surface area contributed by atoms with E-state index in [0.29, 0.717) is 4.88 Å². The fourth-order valence-corrected chi connectivity index (χ4v) is 2.49. The molecule has 2 heterocycles. The van der Waals surface area contributed by atoms with E-state index in [1.165, 1.54) is 22.9 Å². The van der Waals surface area contributed by atoms with Crippen LogP contribution in [0.4, 0.5) is 0 Å². The van der Waals surface area contributed by atoms with Crippen molar-refractivity contribution in [3.8, 4) is 0 Å². The second-order valence-corrected chi connectivity index (χ2v) is 4.28. The van der Waals surface area contributed by atoms with Crippen LogP contribution in [0.25, 0.3) is 0 Å². The zero-order valence-corrected chi connectivity index (χ0v) is 9.19. The average molecular weight is 224 g/mol. The highest BCUT2D eigenvalue weighted by atomic mass is 32.1. The Bertz CT molecular complexity index is 433. The largest absolute Gasteiger partial charge is 0.288 e. The molecule has 5 heteroatoms. The molecule has 0 saturated heterocycles. The lowest BCUT2D eigenvalue weighted by Gasteiger charge is -1.94. The number of carbonyl (C=O) groups excluding carboxylic acids is 1. The summed E-state index contributed by atoms with van der Waals surface area (Å²) in [4.78, 5) is 12.6. The van der Waals surface area contributed by atoms with Gasteiger partial charge in [-0.1, -0.05) is 11.4 Å². The van der Waals surface area contributed by atoms with Gasteiger partial charge in [-0.25, -0.2) is 0 Å². The molecule has 2 aromatic heterocycles. The van der Waals surface area contributed by atoms with E-state index in [-0.39, 0.29) is 5.78 Å². The minimum Gasteiger partial charge on any atom is -0.288 e. The lowest BCUT2D eigenvalue weighted by atomic mass is 10.1. The predicted octanol–water partition coefficient (Wildman–Crippen LogP) is 2.39. The van der Waals surface area contributed by atoms with E-state index in [9.17, 15) is 4.79 Å². The fraction of sp³-hybridized carbons (Fsp3) is 0.222. The van der Waals surface area contributed by atoms with E-state index in [2.05, 4.69) is 9.59 Å². The van der Waals surface area contributed by atoms with Crippen LogP contribution in [0.1, 0.15) is 27.9 Å². The predicted molar refractivity (Wildman–Crippen MR) is 57.0 cm³/mol. The number of thiophene rings is 1. The second-order valence-electron chi connectivity index (χ2n) is 2.74. The third-order valence-electron chi connectivity index (χ3n) is 1.88. The third kappa shape index (κ3) is 1.60. The number of nitrogens with zero attached hydrogens (tertiary/aromatic N) is 2. The first-order valence-corrected chi connectivity index (χ1v) is 5.92. The molecule has 14 heavy (non-hydrogen) atoms. The van der Waals surface area contributed by atoms with E-state index >= 15 is 0 Å². The molecule has 72 valence electrons. The Hall–Kier alpha value is -1.07. The molecule has 0 aliphatic heterocycles. The first-order valence-electron chi connectivity index (χ1n) is 4.21. The highest BCUT2D eigenvalue weighted by molar-refractivity contribution is 7.09. The number of carbonyl (C=O) groups is 1. The van der Waals surface area contributed by atoms with Crippen LogP contribution >= 0.6 is 22.9 Å². The van der Waals surface area contributed by atoms with Crippen LogP contribution in [-0.4, -0.2) is 15.4 Å². The normalized spacial score (nSPS) is 10.4. The van der Waals surface area contributed by atoms with Crippen LogP contribution in [0.3, 0.4) is 0 Å². The summed E-state index contributed by atoms with van der Waals surface area (Å²) >= 11 is 2.70. The summed E-state index contributed by atoms with van der Waals surface area (Å²) < 4.78 is 3.80. The summed E-state index contributed by atoms with van der Waals surface area (Å²) in [6.07, 6.45) is 0.752. The molecule has 0 aliphatic rings. The molecule has 0 unspecified atom stereocenters. The minimum atomic E-state index is 0.0399. The summed E-state index contributed by atoms with van der Waals surface area (Å²) in [5.41, 5.74) is 1.53. The summed E-state index contributed by atoms with van der Waals surface area (Å²) in [5, 5.41) is 7.66. The van der Waals surface area contributed by atoms with Crippen molar-refractivity contribution in [3.05, 3.63) is 33.0 Å². The van der Waals surface area contributed by atoms with Gasteiger partial charge < -0.3 is 0 Å². The van der Waals surface area contributed by atoms with Crippen molar-refractivity contribution in [2.75, 3.05) is 0 Å². The van der Waals surface area contributed by atoms with Crippen molar-refractivity contribution < 1.29 is 4.79 Å². The fourth-order valence-electron chi connectivity index (χ4n) is 1.14. The number of aromatic nitrogens is 2. The molecule has 0 N–H and O–H groups in total. The quantitative estimate of drug-likeness (QED) is 0.752. The van der Waals surface area contributed by atoms with E-state index in [1.807, 2.05) is 23.8 Å². The van der Waals surface area contributed by atoms with Gasteiger partial charge in [0.2, 0.25) is 5.78 Å². The van der Waals surface area contributed by atoms with Crippen molar-refractivity contribution in [2.24, 2.45) is 0 Å². The van der Waals surface area contributed by atoms with Gasteiger partial charge in [-0.3, -0.25) is 4.79 Å². The van der Waals surface area contributed by atoms with Gasteiger partial charge in [0.15, 0.2) is 0 Å². The number of hydrogen-bond acceptors (Lipinski definition) is 5. The Labute approximate surface area is 89.6 Å². The van der Waals surface area contributed by atoms with Crippen molar-refractivity contribution in [1.29, 1.82) is 0 Å². The molecule has 2 aromatic rings.